The highest BCUT2D eigenvalue weighted by atomic mass is 16.6. The number of rotatable bonds is 4. The number of carbonyl (C=O) groups excluding carboxylic acids is 1. The molecular formula is C17H13N3O5. The number of non-ortho nitro benzene ring substituents is 1. The van der Waals surface area contributed by atoms with Gasteiger partial charge in [-0.25, -0.2) is 4.68 Å². The molecule has 8 nitrogen and oxygen atoms in total. The van der Waals surface area contributed by atoms with Gasteiger partial charge in [-0.3, -0.25) is 19.7 Å². The van der Waals surface area contributed by atoms with Crippen LogP contribution in [0.3, 0.4) is 0 Å². The molecule has 0 radical (unpaired) electrons. The molecule has 0 aliphatic carbocycles. The number of hydrogen-bond donors (Lipinski definition) is 0. The Morgan fingerprint density at radius 3 is 2.60 bits per heavy atom. The predicted octanol–water partition coefficient (Wildman–Crippen LogP) is 2.14. The fraction of sp³-hybridized carbons (Fsp3) is 0.118. The van der Waals surface area contributed by atoms with Gasteiger partial charge in [0.1, 0.15) is 6.54 Å². The lowest BCUT2D eigenvalue weighted by atomic mass is 10.0. The van der Waals surface area contributed by atoms with Gasteiger partial charge in [0.25, 0.3) is 11.2 Å². The highest BCUT2D eigenvalue weighted by Crippen LogP contribution is 2.27. The molecule has 0 saturated heterocycles. The van der Waals surface area contributed by atoms with Crippen LogP contribution in [-0.2, 0) is 16.1 Å². The summed E-state index contributed by atoms with van der Waals surface area (Å²) in [6.07, 6.45) is 0. The van der Waals surface area contributed by atoms with Gasteiger partial charge in [-0.15, -0.1) is 0 Å². The topological polar surface area (TPSA) is 104 Å². The molecule has 0 amide bonds. The molecule has 1 aromatic heterocycles. The highest BCUT2D eigenvalue weighted by molar-refractivity contribution is 5.94. The van der Waals surface area contributed by atoms with Gasteiger partial charge >= 0.3 is 5.97 Å². The van der Waals surface area contributed by atoms with E-state index in [1.54, 1.807) is 36.4 Å². The summed E-state index contributed by atoms with van der Waals surface area (Å²) in [7, 11) is 1.22. The average Bonchev–Trinajstić information content (AvgIpc) is 2.64. The molecule has 3 rings (SSSR count). The molecule has 2 aromatic carbocycles. The maximum absolute atomic E-state index is 12.5. The Morgan fingerprint density at radius 2 is 1.92 bits per heavy atom. The van der Waals surface area contributed by atoms with Gasteiger partial charge in [-0.2, -0.15) is 5.10 Å². The van der Waals surface area contributed by atoms with Crippen LogP contribution >= 0.6 is 0 Å². The third kappa shape index (κ3) is 3.09. The number of esters is 1. The molecule has 0 atom stereocenters. The Morgan fingerprint density at radius 1 is 1.20 bits per heavy atom. The standard InChI is InChI=1S/C17H13N3O5/c1-25-15(21)10-19-17(22)14-8-3-2-7-13(14)16(18-19)11-5-4-6-12(9-11)20(23)24/h2-9H,10H2,1H3. The lowest BCUT2D eigenvalue weighted by Gasteiger charge is -2.10. The number of fused-ring (bicyclic) bond motifs is 1. The summed E-state index contributed by atoms with van der Waals surface area (Å²) in [6, 6.07) is 12.7. The van der Waals surface area contributed by atoms with Crippen LogP contribution in [0.25, 0.3) is 22.0 Å². The van der Waals surface area contributed by atoms with Gasteiger partial charge in [0.15, 0.2) is 0 Å². The van der Waals surface area contributed by atoms with E-state index in [-0.39, 0.29) is 12.2 Å². The van der Waals surface area contributed by atoms with Crippen LogP contribution in [0.1, 0.15) is 0 Å². The monoisotopic (exact) mass is 339 g/mol. The molecule has 1 heterocycles. The van der Waals surface area contributed by atoms with Gasteiger partial charge in [-0.1, -0.05) is 30.3 Å². The number of aromatic nitrogens is 2. The second-order valence-corrected chi connectivity index (χ2v) is 5.24. The lowest BCUT2D eigenvalue weighted by molar-refractivity contribution is -0.384. The van der Waals surface area contributed by atoms with E-state index in [1.165, 1.54) is 19.2 Å². The summed E-state index contributed by atoms with van der Waals surface area (Å²) < 4.78 is 5.59. The van der Waals surface area contributed by atoms with E-state index in [1.807, 2.05) is 0 Å². The maximum Gasteiger partial charge on any atom is 0.327 e. The predicted molar refractivity (Wildman–Crippen MR) is 90.1 cm³/mol. The number of methoxy groups -OCH3 is 1. The number of carbonyl (C=O) groups is 1. The van der Waals surface area contributed by atoms with Crippen molar-refractivity contribution in [3.8, 4) is 11.3 Å². The summed E-state index contributed by atoms with van der Waals surface area (Å²) in [5, 5.41) is 16.2. The zero-order chi connectivity index (χ0) is 18.0. The minimum Gasteiger partial charge on any atom is -0.468 e. The minimum absolute atomic E-state index is 0.0888. The van der Waals surface area contributed by atoms with Crippen molar-refractivity contribution in [2.45, 2.75) is 6.54 Å². The third-order valence-corrected chi connectivity index (χ3v) is 3.70. The van der Waals surface area contributed by atoms with E-state index in [0.717, 1.165) is 4.68 Å². The van der Waals surface area contributed by atoms with E-state index < -0.39 is 16.5 Å². The van der Waals surface area contributed by atoms with Crippen LogP contribution in [0.15, 0.2) is 53.3 Å². The molecule has 0 fully saturated rings. The van der Waals surface area contributed by atoms with Crippen LogP contribution in [0.4, 0.5) is 5.69 Å². The molecule has 0 N–H and O–H groups in total. The number of nitro benzene ring substituents is 1. The largest absolute Gasteiger partial charge is 0.468 e. The van der Waals surface area contributed by atoms with Crippen molar-refractivity contribution in [3.63, 3.8) is 0 Å². The van der Waals surface area contributed by atoms with E-state index >= 15 is 0 Å². The summed E-state index contributed by atoms with van der Waals surface area (Å²) in [4.78, 5) is 34.6. The molecule has 8 heteroatoms. The number of hydrogen-bond acceptors (Lipinski definition) is 6. The molecule has 0 spiro atoms. The first kappa shape index (κ1) is 16.3. The second kappa shape index (κ2) is 6.52. The Kier molecular flexibility index (Phi) is 4.25. The fourth-order valence-electron chi connectivity index (χ4n) is 2.51. The van der Waals surface area contributed by atoms with Crippen molar-refractivity contribution in [1.82, 2.24) is 9.78 Å². The number of ether oxygens (including phenoxy) is 1. The van der Waals surface area contributed by atoms with Crippen molar-refractivity contribution < 1.29 is 14.5 Å². The molecule has 25 heavy (non-hydrogen) atoms. The van der Waals surface area contributed by atoms with E-state index in [0.29, 0.717) is 22.0 Å². The zero-order valence-electron chi connectivity index (χ0n) is 13.2. The molecule has 0 aliphatic rings. The summed E-state index contributed by atoms with van der Waals surface area (Å²) in [6.45, 7) is -0.345. The van der Waals surface area contributed by atoms with Crippen molar-refractivity contribution in [2.75, 3.05) is 7.11 Å². The first-order chi connectivity index (χ1) is 12.0. The smallest absolute Gasteiger partial charge is 0.327 e. The van der Waals surface area contributed by atoms with E-state index in [4.69, 9.17) is 0 Å². The van der Waals surface area contributed by atoms with Gasteiger partial charge in [-0.05, 0) is 6.07 Å². The van der Waals surface area contributed by atoms with Gasteiger partial charge < -0.3 is 4.74 Å². The Bertz CT molecular complexity index is 1040. The average molecular weight is 339 g/mol. The van der Waals surface area contributed by atoms with E-state index in [9.17, 15) is 19.7 Å². The third-order valence-electron chi connectivity index (χ3n) is 3.70. The van der Waals surface area contributed by atoms with Crippen LogP contribution < -0.4 is 5.56 Å². The number of nitrogens with zero attached hydrogens (tertiary/aromatic N) is 3. The van der Waals surface area contributed by atoms with Crippen molar-refractivity contribution in [3.05, 3.63) is 69.0 Å². The molecule has 0 unspecified atom stereocenters. The molecule has 0 saturated carbocycles. The number of nitro groups is 1. The zero-order valence-corrected chi connectivity index (χ0v) is 13.2. The second-order valence-electron chi connectivity index (χ2n) is 5.24. The molecule has 3 aromatic rings. The van der Waals surface area contributed by atoms with E-state index in [2.05, 4.69) is 9.84 Å². The van der Waals surface area contributed by atoms with Gasteiger partial charge in [0.05, 0.1) is 23.1 Å². The fourth-order valence-corrected chi connectivity index (χ4v) is 2.51. The molecule has 0 bridgehead atoms. The lowest BCUT2D eigenvalue weighted by Crippen LogP contribution is -2.28. The molecular weight excluding hydrogens is 326 g/mol. The Labute approximate surface area is 141 Å². The Balaban J connectivity index is 2.28. The normalized spacial score (nSPS) is 10.6. The highest BCUT2D eigenvalue weighted by Gasteiger charge is 2.16. The number of benzene rings is 2. The minimum atomic E-state index is -0.616. The van der Waals surface area contributed by atoms with Gasteiger partial charge in [0.2, 0.25) is 0 Å². The van der Waals surface area contributed by atoms with Crippen LogP contribution in [0.2, 0.25) is 0 Å². The van der Waals surface area contributed by atoms with Crippen LogP contribution in [0.5, 0.6) is 0 Å². The maximum atomic E-state index is 12.5. The SMILES string of the molecule is COC(=O)Cn1nc(-c2cccc([N+](=O)[O-])c2)c2ccccc2c1=O. The molecule has 0 aliphatic heterocycles. The Hall–Kier alpha value is -3.55. The quantitative estimate of drug-likeness (QED) is 0.410. The summed E-state index contributed by atoms with van der Waals surface area (Å²) >= 11 is 0. The van der Waals surface area contributed by atoms with Crippen LogP contribution in [-0.4, -0.2) is 27.8 Å². The van der Waals surface area contributed by atoms with Gasteiger partial charge in [0, 0.05) is 23.1 Å². The van der Waals surface area contributed by atoms with Crippen molar-refractivity contribution in [2.24, 2.45) is 0 Å². The first-order valence-corrected chi connectivity index (χ1v) is 7.33. The molecule has 126 valence electrons. The van der Waals surface area contributed by atoms with Crippen molar-refractivity contribution >= 4 is 22.4 Å². The first-order valence-electron chi connectivity index (χ1n) is 7.33. The summed E-state index contributed by atoms with van der Waals surface area (Å²) in [5.74, 6) is -0.616. The van der Waals surface area contributed by atoms with Crippen LogP contribution in [0, 0.1) is 10.1 Å². The summed E-state index contributed by atoms with van der Waals surface area (Å²) in [5.41, 5.74) is 0.330. The van der Waals surface area contributed by atoms with Crippen molar-refractivity contribution in [1.29, 1.82) is 0 Å².